The molecular weight excluding hydrogens is 268 g/mol. The minimum absolute atomic E-state index is 0.0147. The molecule has 0 aromatic heterocycles. The summed E-state index contributed by atoms with van der Waals surface area (Å²) < 4.78 is 0. The first-order valence-corrected chi connectivity index (χ1v) is 7.48. The number of benzene rings is 1. The smallest absolute Gasteiger partial charge is 0.408 e. The number of piperidine rings is 1. The van der Waals surface area contributed by atoms with E-state index in [9.17, 15) is 14.7 Å². The van der Waals surface area contributed by atoms with Crippen molar-refractivity contribution in [2.45, 2.75) is 25.4 Å². The second-order valence-electron chi connectivity index (χ2n) is 6.40. The highest BCUT2D eigenvalue weighted by atomic mass is 16.4. The Morgan fingerprint density at radius 3 is 2.43 bits per heavy atom. The van der Waals surface area contributed by atoms with E-state index in [1.165, 1.54) is 11.3 Å². The van der Waals surface area contributed by atoms with Crippen molar-refractivity contribution >= 4 is 12.0 Å². The maximum atomic E-state index is 12.7. The molecule has 0 spiro atoms. The van der Waals surface area contributed by atoms with Gasteiger partial charge in [-0.15, -0.1) is 0 Å². The summed E-state index contributed by atoms with van der Waals surface area (Å²) in [7, 11) is 0. The van der Waals surface area contributed by atoms with Crippen molar-refractivity contribution in [3.05, 3.63) is 35.4 Å². The number of amides is 2. The number of hydrogen-bond acceptors (Lipinski definition) is 2. The number of hydrogen-bond donors (Lipinski definition) is 1. The Labute approximate surface area is 123 Å². The van der Waals surface area contributed by atoms with Gasteiger partial charge in [-0.25, -0.2) is 4.79 Å². The van der Waals surface area contributed by atoms with Gasteiger partial charge in [-0.05, 0) is 29.4 Å². The lowest BCUT2D eigenvalue weighted by atomic mass is 9.93. The van der Waals surface area contributed by atoms with Gasteiger partial charge in [0.05, 0.1) is 6.54 Å². The average Bonchev–Trinajstić information content (AvgIpc) is 3.11. The summed E-state index contributed by atoms with van der Waals surface area (Å²) in [6, 6.07) is 7.24. The minimum atomic E-state index is -1.01. The molecule has 1 aromatic rings. The first-order valence-electron chi connectivity index (χ1n) is 7.48. The van der Waals surface area contributed by atoms with E-state index in [-0.39, 0.29) is 5.91 Å². The third-order valence-electron chi connectivity index (χ3n) is 5.07. The van der Waals surface area contributed by atoms with Gasteiger partial charge in [0.2, 0.25) is 5.91 Å². The van der Waals surface area contributed by atoms with Crippen molar-refractivity contribution in [3.63, 3.8) is 0 Å². The van der Waals surface area contributed by atoms with Gasteiger partial charge < -0.3 is 10.0 Å². The molecule has 1 aromatic carbocycles. The normalized spacial score (nSPS) is 29.8. The van der Waals surface area contributed by atoms with E-state index in [0.717, 1.165) is 24.2 Å². The molecule has 4 rings (SSSR count). The van der Waals surface area contributed by atoms with E-state index in [2.05, 4.69) is 0 Å². The van der Waals surface area contributed by atoms with Crippen LogP contribution in [0.15, 0.2) is 24.3 Å². The van der Waals surface area contributed by atoms with Crippen LogP contribution in [-0.2, 0) is 17.8 Å². The molecule has 1 saturated heterocycles. The number of carboxylic acid groups (broad SMARTS) is 1. The van der Waals surface area contributed by atoms with Gasteiger partial charge in [0.1, 0.15) is 6.04 Å². The zero-order valence-corrected chi connectivity index (χ0v) is 11.7. The quantitative estimate of drug-likeness (QED) is 0.852. The third kappa shape index (κ3) is 2.07. The first-order chi connectivity index (χ1) is 10.1. The minimum Gasteiger partial charge on any atom is -0.465 e. The molecule has 21 heavy (non-hydrogen) atoms. The lowest BCUT2D eigenvalue weighted by molar-refractivity contribution is -0.136. The largest absolute Gasteiger partial charge is 0.465 e. The summed E-state index contributed by atoms with van der Waals surface area (Å²) in [5, 5.41) is 9.44. The van der Waals surface area contributed by atoms with Gasteiger partial charge in [0, 0.05) is 19.5 Å². The van der Waals surface area contributed by atoms with Gasteiger partial charge in [-0.2, -0.15) is 0 Å². The number of rotatable bonds is 1. The zero-order chi connectivity index (χ0) is 14.6. The number of nitrogens with zero attached hydrogens (tertiary/aromatic N) is 2. The van der Waals surface area contributed by atoms with Crippen LogP contribution in [0.1, 0.15) is 17.5 Å². The molecule has 1 saturated carbocycles. The molecule has 0 bridgehead atoms. The van der Waals surface area contributed by atoms with Crippen LogP contribution in [0.25, 0.3) is 0 Å². The summed E-state index contributed by atoms with van der Waals surface area (Å²) in [6.45, 7) is 1.94. The monoisotopic (exact) mass is 286 g/mol. The molecule has 2 aliphatic heterocycles. The standard InChI is InChI=1S/C16H18N2O3/c19-15(17-7-12-5-13(12)8-17)14-6-10-3-1-2-4-11(10)9-18(14)16(20)21/h1-4,12-14H,5-9H2,(H,20,21)/t12?,13?,14-/m0/s1. The van der Waals surface area contributed by atoms with Crippen molar-refractivity contribution in [2.24, 2.45) is 11.8 Å². The Morgan fingerprint density at radius 2 is 1.76 bits per heavy atom. The van der Waals surface area contributed by atoms with Crippen molar-refractivity contribution in [3.8, 4) is 0 Å². The van der Waals surface area contributed by atoms with Crippen LogP contribution in [-0.4, -0.2) is 46.0 Å². The van der Waals surface area contributed by atoms with E-state index in [1.807, 2.05) is 29.2 Å². The van der Waals surface area contributed by atoms with E-state index < -0.39 is 12.1 Å². The maximum Gasteiger partial charge on any atom is 0.408 e. The highest BCUT2D eigenvalue weighted by Gasteiger charge is 2.48. The molecule has 3 aliphatic rings. The fourth-order valence-electron chi connectivity index (χ4n) is 3.73. The highest BCUT2D eigenvalue weighted by molar-refractivity contribution is 5.86. The Bertz CT molecular complexity index is 605. The maximum absolute atomic E-state index is 12.7. The average molecular weight is 286 g/mol. The predicted molar refractivity (Wildman–Crippen MR) is 75.7 cm³/mol. The van der Waals surface area contributed by atoms with Crippen LogP contribution in [0.5, 0.6) is 0 Å². The van der Waals surface area contributed by atoms with Crippen molar-refractivity contribution in [1.29, 1.82) is 0 Å². The molecular formula is C16H18N2O3. The van der Waals surface area contributed by atoms with Gasteiger partial charge in [-0.3, -0.25) is 9.69 Å². The second kappa shape index (κ2) is 4.48. The molecule has 110 valence electrons. The molecule has 1 aliphatic carbocycles. The summed E-state index contributed by atoms with van der Waals surface area (Å²) in [5.74, 6) is 1.32. The van der Waals surface area contributed by atoms with Crippen LogP contribution in [0.3, 0.4) is 0 Å². The van der Waals surface area contributed by atoms with Crippen LogP contribution >= 0.6 is 0 Å². The van der Waals surface area contributed by atoms with Crippen LogP contribution in [0.4, 0.5) is 4.79 Å². The summed E-state index contributed by atoms with van der Waals surface area (Å²) in [6.07, 6.45) is 0.722. The van der Waals surface area contributed by atoms with Gasteiger partial charge >= 0.3 is 6.09 Å². The zero-order valence-electron chi connectivity index (χ0n) is 11.7. The molecule has 2 unspecified atom stereocenters. The Morgan fingerprint density at radius 1 is 1.10 bits per heavy atom. The molecule has 2 heterocycles. The van der Waals surface area contributed by atoms with E-state index >= 15 is 0 Å². The first kappa shape index (κ1) is 12.7. The predicted octanol–water partition coefficient (Wildman–Crippen LogP) is 1.57. The van der Waals surface area contributed by atoms with Crippen LogP contribution in [0, 0.1) is 11.8 Å². The molecule has 3 atom stereocenters. The molecule has 5 nitrogen and oxygen atoms in total. The van der Waals surface area contributed by atoms with Crippen molar-refractivity contribution in [1.82, 2.24) is 9.80 Å². The number of likely N-dealkylation sites (tertiary alicyclic amines) is 1. The Hall–Kier alpha value is -2.04. The van der Waals surface area contributed by atoms with Gasteiger partial charge in [0.25, 0.3) is 0 Å². The second-order valence-corrected chi connectivity index (χ2v) is 6.40. The fourth-order valence-corrected chi connectivity index (χ4v) is 3.73. The molecule has 2 fully saturated rings. The fraction of sp³-hybridized carbons (Fsp3) is 0.500. The van der Waals surface area contributed by atoms with E-state index in [1.54, 1.807) is 0 Å². The van der Waals surface area contributed by atoms with Gasteiger partial charge in [-0.1, -0.05) is 24.3 Å². The summed E-state index contributed by atoms with van der Waals surface area (Å²) >= 11 is 0. The Balaban J connectivity index is 1.59. The SMILES string of the molecule is O=C([C@@H]1Cc2ccccc2CN1C(=O)O)N1CC2CC2C1. The van der Waals surface area contributed by atoms with E-state index in [0.29, 0.717) is 24.8 Å². The number of carbonyl (C=O) groups is 2. The Kier molecular flexibility index (Phi) is 2.71. The molecule has 0 radical (unpaired) electrons. The van der Waals surface area contributed by atoms with Crippen LogP contribution < -0.4 is 0 Å². The lowest BCUT2D eigenvalue weighted by Crippen LogP contribution is -2.53. The molecule has 2 amide bonds. The topological polar surface area (TPSA) is 60.9 Å². The third-order valence-corrected chi connectivity index (χ3v) is 5.07. The lowest BCUT2D eigenvalue weighted by Gasteiger charge is -2.36. The van der Waals surface area contributed by atoms with E-state index in [4.69, 9.17) is 0 Å². The molecule has 5 heteroatoms. The van der Waals surface area contributed by atoms with Crippen LogP contribution in [0.2, 0.25) is 0 Å². The number of fused-ring (bicyclic) bond motifs is 2. The number of carbonyl (C=O) groups excluding carboxylic acids is 1. The van der Waals surface area contributed by atoms with Crippen molar-refractivity contribution < 1.29 is 14.7 Å². The summed E-state index contributed by atoms with van der Waals surface area (Å²) in [4.78, 5) is 27.4. The summed E-state index contributed by atoms with van der Waals surface area (Å²) in [5.41, 5.74) is 2.10. The van der Waals surface area contributed by atoms with Crippen molar-refractivity contribution in [2.75, 3.05) is 13.1 Å². The highest BCUT2D eigenvalue weighted by Crippen LogP contribution is 2.45. The van der Waals surface area contributed by atoms with Gasteiger partial charge in [0.15, 0.2) is 0 Å². The molecule has 1 N–H and O–H groups in total.